The van der Waals surface area contributed by atoms with E-state index in [9.17, 15) is 14.4 Å². The number of nitrogens with zero attached hydrogens (tertiary/aromatic N) is 1. The Hall–Kier alpha value is -2.57. The zero-order valence-corrected chi connectivity index (χ0v) is 13.5. The van der Waals surface area contributed by atoms with Crippen LogP contribution < -0.4 is 10.6 Å². The summed E-state index contributed by atoms with van der Waals surface area (Å²) in [7, 11) is 0. The molecule has 130 valence electrons. The van der Waals surface area contributed by atoms with Crippen molar-refractivity contribution < 1.29 is 19.5 Å². The van der Waals surface area contributed by atoms with Crippen molar-refractivity contribution in [1.29, 1.82) is 0 Å². The molecule has 1 saturated heterocycles. The summed E-state index contributed by atoms with van der Waals surface area (Å²) in [5.41, 5.74) is 0.929. The summed E-state index contributed by atoms with van der Waals surface area (Å²) in [5.74, 6) is -0.772. The molecule has 0 aromatic heterocycles. The molecule has 0 radical (unpaired) electrons. The number of carboxylic acids is 1. The van der Waals surface area contributed by atoms with E-state index in [2.05, 4.69) is 10.6 Å². The number of carbonyl (C=O) groups excluding carboxylic acids is 2. The molecule has 1 aromatic rings. The largest absolute Gasteiger partial charge is 0.481 e. The first-order valence-electron chi connectivity index (χ1n) is 8.15. The second-order valence-electron chi connectivity index (χ2n) is 5.80. The number of carbonyl (C=O) groups is 3. The van der Waals surface area contributed by atoms with Crippen LogP contribution in [-0.2, 0) is 9.59 Å². The highest BCUT2D eigenvalue weighted by Gasteiger charge is 2.25. The Labute approximate surface area is 141 Å². The predicted octanol–water partition coefficient (Wildman–Crippen LogP) is 1.51. The molecule has 1 fully saturated rings. The van der Waals surface area contributed by atoms with Gasteiger partial charge in [0, 0.05) is 32.5 Å². The van der Waals surface area contributed by atoms with Gasteiger partial charge in [-0.2, -0.15) is 0 Å². The molecule has 0 spiro atoms. The number of urea groups is 1. The Bertz CT molecular complexity index is 576. The molecule has 1 aliphatic rings. The molecule has 1 aliphatic heterocycles. The molecular formula is C17H23N3O4. The average Bonchev–Trinajstić information content (AvgIpc) is 2.97. The molecule has 24 heavy (non-hydrogen) atoms. The fourth-order valence-electron chi connectivity index (χ4n) is 2.69. The van der Waals surface area contributed by atoms with Crippen molar-refractivity contribution in [2.75, 3.05) is 19.6 Å². The lowest BCUT2D eigenvalue weighted by Gasteiger charge is -2.25. The van der Waals surface area contributed by atoms with Crippen LogP contribution in [0.2, 0.25) is 0 Å². The third-order valence-electron chi connectivity index (χ3n) is 3.93. The standard InChI is InChI=1S/C17H23N3O4/c21-15-8-5-11-20(15)12-14(13-6-2-1-3-7-13)19-17(24)18-10-4-9-16(22)23/h1-3,6-7,14H,4-5,8-12H2,(H,22,23)(H2,18,19,24). The molecule has 2 rings (SSSR count). The summed E-state index contributed by atoms with van der Waals surface area (Å²) < 4.78 is 0. The van der Waals surface area contributed by atoms with Gasteiger partial charge in [-0.1, -0.05) is 30.3 Å². The van der Waals surface area contributed by atoms with E-state index < -0.39 is 5.97 Å². The Morgan fingerprint density at radius 2 is 2.00 bits per heavy atom. The topological polar surface area (TPSA) is 98.7 Å². The smallest absolute Gasteiger partial charge is 0.315 e. The van der Waals surface area contributed by atoms with Crippen LogP contribution in [0.5, 0.6) is 0 Å². The molecule has 7 heteroatoms. The third-order valence-corrected chi connectivity index (χ3v) is 3.93. The number of carboxylic acid groups (broad SMARTS) is 1. The summed E-state index contributed by atoms with van der Waals surface area (Å²) in [6.07, 6.45) is 1.80. The van der Waals surface area contributed by atoms with Gasteiger partial charge >= 0.3 is 12.0 Å². The molecular weight excluding hydrogens is 310 g/mol. The van der Waals surface area contributed by atoms with E-state index in [0.29, 0.717) is 32.5 Å². The predicted molar refractivity (Wildman–Crippen MR) is 88.4 cm³/mol. The minimum absolute atomic E-state index is 0.0185. The molecule has 1 atom stereocenters. The van der Waals surface area contributed by atoms with Crippen molar-refractivity contribution in [3.8, 4) is 0 Å². The molecule has 0 aliphatic carbocycles. The van der Waals surface area contributed by atoms with Crippen LogP contribution in [0, 0.1) is 0 Å². The number of aliphatic carboxylic acids is 1. The number of benzene rings is 1. The first-order valence-corrected chi connectivity index (χ1v) is 8.15. The van der Waals surface area contributed by atoms with Gasteiger partial charge in [0.1, 0.15) is 0 Å². The highest BCUT2D eigenvalue weighted by molar-refractivity contribution is 5.78. The summed E-state index contributed by atoms with van der Waals surface area (Å²) in [6, 6.07) is 8.84. The SMILES string of the molecule is O=C(O)CCCNC(=O)NC(CN1CCCC1=O)c1ccccc1. The Balaban J connectivity index is 1.91. The van der Waals surface area contributed by atoms with Crippen LogP contribution in [0.1, 0.15) is 37.3 Å². The van der Waals surface area contributed by atoms with Gasteiger partial charge in [0.25, 0.3) is 0 Å². The quantitative estimate of drug-likeness (QED) is 0.628. The molecule has 1 aromatic carbocycles. The summed E-state index contributed by atoms with van der Waals surface area (Å²) in [6.45, 7) is 1.44. The lowest BCUT2D eigenvalue weighted by atomic mass is 10.1. The second-order valence-corrected chi connectivity index (χ2v) is 5.80. The van der Waals surface area contributed by atoms with Crippen LogP contribution in [0.4, 0.5) is 4.79 Å². The van der Waals surface area contributed by atoms with Crippen molar-refractivity contribution in [2.45, 2.75) is 31.7 Å². The van der Waals surface area contributed by atoms with E-state index in [1.54, 1.807) is 4.90 Å². The third kappa shape index (κ3) is 5.57. The number of hydrogen-bond acceptors (Lipinski definition) is 3. The number of hydrogen-bond donors (Lipinski definition) is 3. The highest BCUT2D eigenvalue weighted by Crippen LogP contribution is 2.18. The van der Waals surface area contributed by atoms with Gasteiger partial charge < -0.3 is 20.6 Å². The number of amides is 3. The maximum atomic E-state index is 12.1. The van der Waals surface area contributed by atoms with Crippen molar-refractivity contribution in [3.05, 3.63) is 35.9 Å². The van der Waals surface area contributed by atoms with Crippen LogP contribution >= 0.6 is 0 Å². The van der Waals surface area contributed by atoms with Crippen LogP contribution in [0.3, 0.4) is 0 Å². The van der Waals surface area contributed by atoms with E-state index in [1.807, 2.05) is 30.3 Å². The van der Waals surface area contributed by atoms with Gasteiger partial charge in [0.15, 0.2) is 0 Å². The van der Waals surface area contributed by atoms with Gasteiger partial charge in [-0.15, -0.1) is 0 Å². The van der Waals surface area contributed by atoms with Crippen molar-refractivity contribution in [3.63, 3.8) is 0 Å². The zero-order valence-electron chi connectivity index (χ0n) is 13.5. The van der Waals surface area contributed by atoms with Gasteiger partial charge in [0.05, 0.1) is 6.04 Å². The lowest BCUT2D eigenvalue weighted by Crippen LogP contribution is -2.43. The van der Waals surface area contributed by atoms with Gasteiger partial charge in [-0.3, -0.25) is 9.59 Å². The maximum Gasteiger partial charge on any atom is 0.315 e. The van der Waals surface area contributed by atoms with Crippen LogP contribution in [0.25, 0.3) is 0 Å². The zero-order chi connectivity index (χ0) is 17.4. The molecule has 1 unspecified atom stereocenters. The van der Waals surface area contributed by atoms with E-state index in [4.69, 9.17) is 5.11 Å². The summed E-state index contributed by atoms with van der Waals surface area (Å²) >= 11 is 0. The normalized spacial score (nSPS) is 15.2. The molecule has 7 nitrogen and oxygen atoms in total. The average molecular weight is 333 g/mol. The van der Waals surface area contributed by atoms with Crippen molar-refractivity contribution >= 4 is 17.9 Å². The molecule has 1 heterocycles. The molecule has 3 amide bonds. The van der Waals surface area contributed by atoms with Gasteiger partial charge in [-0.05, 0) is 18.4 Å². The number of nitrogens with one attached hydrogen (secondary N) is 2. The Morgan fingerprint density at radius 1 is 1.25 bits per heavy atom. The Morgan fingerprint density at radius 3 is 2.62 bits per heavy atom. The van der Waals surface area contributed by atoms with E-state index >= 15 is 0 Å². The molecule has 0 bridgehead atoms. The van der Waals surface area contributed by atoms with Crippen LogP contribution in [0.15, 0.2) is 30.3 Å². The first kappa shape index (κ1) is 17.8. The maximum absolute atomic E-state index is 12.1. The Kier molecular flexibility index (Phi) is 6.60. The van der Waals surface area contributed by atoms with Gasteiger partial charge in [0.2, 0.25) is 5.91 Å². The minimum Gasteiger partial charge on any atom is -0.481 e. The van der Waals surface area contributed by atoms with Crippen molar-refractivity contribution in [2.24, 2.45) is 0 Å². The molecule has 0 saturated carbocycles. The van der Waals surface area contributed by atoms with E-state index in [0.717, 1.165) is 12.0 Å². The lowest BCUT2D eigenvalue weighted by molar-refractivity contribution is -0.137. The monoisotopic (exact) mass is 333 g/mol. The number of likely N-dealkylation sites (tertiary alicyclic amines) is 1. The fraction of sp³-hybridized carbons (Fsp3) is 0.471. The summed E-state index contributed by atoms with van der Waals surface area (Å²) in [4.78, 5) is 36.1. The van der Waals surface area contributed by atoms with E-state index in [1.165, 1.54) is 0 Å². The first-order chi connectivity index (χ1) is 11.6. The minimum atomic E-state index is -0.882. The van der Waals surface area contributed by atoms with Crippen molar-refractivity contribution in [1.82, 2.24) is 15.5 Å². The number of rotatable bonds is 8. The molecule has 3 N–H and O–H groups in total. The summed E-state index contributed by atoms with van der Waals surface area (Å²) in [5, 5.41) is 14.1. The van der Waals surface area contributed by atoms with Crippen LogP contribution in [-0.4, -0.2) is 47.5 Å². The van der Waals surface area contributed by atoms with Gasteiger partial charge in [-0.25, -0.2) is 4.79 Å². The van der Waals surface area contributed by atoms with E-state index in [-0.39, 0.29) is 24.4 Å². The highest BCUT2D eigenvalue weighted by atomic mass is 16.4. The fourth-order valence-corrected chi connectivity index (χ4v) is 2.69. The second kappa shape index (κ2) is 8.90.